The number of aromatic nitrogens is 2. The summed E-state index contributed by atoms with van der Waals surface area (Å²) in [7, 11) is -2.01. The molecule has 1 saturated heterocycles. The third-order valence-corrected chi connectivity index (χ3v) is 8.03. The molecule has 28 heavy (non-hydrogen) atoms. The van der Waals surface area contributed by atoms with E-state index in [1.165, 1.54) is 4.31 Å². The molecule has 9 heteroatoms. The summed E-state index contributed by atoms with van der Waals surface area (Å²) < 4.78 is 29.2. The summed E-state index contributed by atoms with van der Waals surface area (Å²) >= 11 is 5.91. The van der Waals surface area contributed by atoms with E-state index in [9.17, 15) is 18.3 Å². The molecule has 0 amide bonds. The highest BCUT2D eigenvalue weighted by Crippen LogP contribution is 2.38. The molecule has 1 aromatic carbocycles. The maximum atomic E-state index is 13.1. The number of carboxylic acids is 1. The lowest BCUT2D eigenvalue weighted by Crippen LogP contribution is -2.47. The van der Waals surface area contributed by atoms with Crippen LogP contribution in [0, 0.1) is 19.3 Å². The Hall–Kier alpha value is -1.90. The zero-order chi connectivity index (χ0) is 20.7. The number of aryl methyl sites for hydroxylation is 2. The van der Waals surface area contributed by atoms with Gasteiger partial charge in [0.15, 0.2) is 0 Å². The van der Waals surface area contributed by atoms with Crippen LogP contribution in [0.3, 0.4) is 0 Å². The van der Waals surface area contributed by atoms with Gasteiger partial charge in [-0.25, -0.2) is 8.42 Å². The van der Waals surface area contributed by atoms with Crippen molar-refractivity contribution in [3.05, 3.63) is 46.2 Å². The Balaban J connectivity index is 1.82. The molecule has 2 aromatic rings. The molecule has 1 fully saturated rings. The van der Waals surface area contributed by atoms with E-state index in [-0.39, 0.29) is 30.8 Å². The second kappa shape index (κ2) is 7.50. The van der Waals surface area contributed by atoms with Crippen molar-refractivity contribution in [2.75, 3.05) is 13.1 Å². The quantitative estimate of drug-likeness (QED) is 0.795. The van der Waals surface area contributed by atoms with Crippen LogP contribution in [0.25, 0.3) is 0 Å². The topological polar surface area (TPSA) is 92.5 Å². The van der Waals surface area contributed by atoms with Gasteiger partial charge < -0.3 is 5.11 Å². The predicted molar refractivity (Wildman–Crippen MR) is 106 cm³/mol. The van der Waals surface area contributed by atoms with Gasteiger partial charge in [-0.3, -0.25) is 9.48 Å². The van der Waals surface area contributed by atoms with Gasteiger partial charge in [0, 0.05) is 25.2 Å². The van der Waals surface area contributed by atoms with Crippen LogP contribution in [0.1, 0.15) is 29.8 Å². The monoisotopic (exact) mass is 425 g/mol. The third-order valence-electron chi connectivity index (χ3n) is 5.63. The van der Waals surface area contributed by atoms with Gasteiger partial charge in [-0.2, -0.15) is 9.40 Å². The van der Waals surface area contributed by atoms with Gasteiger partial charge in [-0.15, -0.1) is 0 Å². The number of nitrogens with zero attached hydrogens (tertiary/aromatic N) is 3. The summed E-state index contributed by atoms with van der Waals surface area (Å²) in [5, 5.41) is 14.7. The fourth-order valence-corrected chi connectivity index (χ4v) is 5.84. The number of aliphatic carboxylic acids is 1. The molecule has 1 aromatic heterocycles. The van der Waals surface area contributed by atoms with E-state index in [2.05, 4.69) is 5.10 Å². The van der Waals surface area contributed by atoms with Crippen molar-refractivity contribution in [2.45, 2.75) is 38.0 Å². The van der Waals surface area contributed by atoms with E-state index >= 15 is 0 Å². The van der Waals surface area contributed by atoms with Gasteiger partial charge >= 0.3 is 5.97 Å². The van der Waals surface area contributed by atoms with E-state index < -0.39 is 21.4 Å². The van der Waals surface area contributed by atoms with E-state index in [1.54, 1.807) is 37.7 Å². The summed E-state index contributed by atoms with van der Waals surface area (Å²) in [6.07, 6.45) is 0.851. The smallest absolute Gasteiger partial charge is 0.310 e. The zero-order valence-corrected chi connectivity index (χ0v) is 17.7. The van der Waals surface area contributed by atoms with Crippen LogP contribution < -0.4 is 0 Å². The lowest BCUT2D eigenvalue weighted by Gasteiger charge is -2.38. The maximum Gasteiger partial charge on any atom is 0.310 e. The Morgan fingerprint density at radius 1 is 1.21 bits per heavy atom. The fourth-order valence-electron chi connectivity index (χ4n) is 3.87. The molecule has 0 spiro atoms. The summed E-state index contributed by atoms with van der Waals surface area (Å²) in [6.45, 7) is 3.72. The third kappa shape index (κ3) is 3.68. The minimum Gasteiger partial charge on any atom is -0.481 e. The van der Waals surface area contributed by atoms with Crippen molar-refractivity contribution in [3.63, 3.8) is 0 Å². The Bertz CT molecular complexity index is 991. The Morgan fingerprint density at radius 2 is 1.79 bits per heavy atom. The van der Waals surface area contributed by atoms with E-state index in [1.807, 2.05) is 12.1 Å². The molecule has 152 valence electrons. The number of carboxylic acid groups (broad SMARTS) is 1. The van der Waals surface area contributed by atoms with Crippen molar-refractivity contribution in [2.24, 2.45) is 12.5 Å². The average molecular weight is 426 g/mol. The van der Waals surface area contributed by atoms with E-state index in [0.717, 1.165) is 5.56 Å². The molecule has 1 aliphatic rings. The van der Waals surface area contributed by atoms with Gasteiger partial charge in [-0.05, 0) is 50.8 Å². The van der Waals surface area contributed by atoms with Crippen LogP contribution in [0.2, 0.25) is 5.02 Å². The van der Waals surface area contributed by atoms with E-state index in [0.29, 0.717) is 22.8 Å². The number of hydrogen-bond acceptors (Lipinski definition) is 4. The maximum absolute atomic E-state index is 13.1. The molecule has 1 N–H and O–H groups in total. The molecule has 0 radical (unpaired) electrons. The Labute approximate surface area is 170 Å². The second-order valence-corrected chi connectivity index (χ2v) is 9.73. The molecule has 3 rings (SSSR count). The lowest BCUT2D eigenvalue weighted by atomic mass is 9.74. The van der Waals surface area contributed by atoms with Crippen LogP contribution >= 0.6 is 11.6 Å². The number of carbonyl (C=O) groups is 1. The SMILES string of the molecule is Cc1nn(C)c(C)c1S(=O)(=O)N1CCC(Cc2ccc(Cl)cc2)(C(=O)O)CC1. The standard InChI is InChI=1S/C19H24ClN3O4S/c1-13-17(14(2)22(3)21-13)28(26,27)23-10-8-19(9-11-23,18(24)25)12-15-4-6-16(20)7-5-15/h4-7H,8-12H2,1-3H3,(H,24,25). The molecular weight excluding hydrogens is 402 g/mol. The fraction of sp³-hybridized carbons (Fsp3) is 0.474. The number of sulfonamides is 1. The number of halogens is 1. The van der Waals surface area contributed by atoms with Crippen LogP contribution in [-0.2, 0) is 28.3 Å². The first-order chi connectivity index (χ1) is 13.1. The number of hydrogen-bond donors (Lipinski definition) is 1. The summed E-state index contributed by atoms with van der Waals surface area (Å²) in [4.78, 5) is 12.3. The number of benzene rings is 1. The molecular formula is C19H24ClN3O4S. The van der Waals surface area contributed by atoms with Crippen molar-refractivity contribution in [1.82, 2.24) is 14.1 Å². The van der Waals surface area contributed by atoms with Crippen LogP contribution in [0.4, 0.5) is 0 Å². The highest BCUT2D eigenvalue weighted by atomic mass is 35.5. The van der Waals surface area contributed by atoms with Gasteiger partial charge in [0.1, 0.15) is 4.90 Å². The lowest BCUT2D eigenvalue weighted by molar-refractivity contribution is -0.151. The van der Waals surface area contributed by atoms with Gasteiger partial charge in [0.2, 0.25) is 10.0 Å². The van der Waals surface area contributed by atoms with E-state index in [4.69, 9.17) is 11.6 Å². The normalized spacial score (nSPS) is 17.6. The number of piperidine rings is 1. The van der Waals surface area contributed by atoms with Gasteiger partial charge in [0.25, 0.3) is 0 Å². The highest BCUT2D eigenvalue weighted by molar-refractivity contribution is 7.89. The minimum atomic E-state index is -3.72. The Morgan fingerprint density at radius 3 is 2.25 bits per heavy atom. The minimum absolute atomic E-state index is 0.163. The summed E-state index contributed by atoms with van der Waals surface area (Å²) in [5.74, 6) is -0.895. The molecule has 7 nitrogen and oxygen atoms in total. The van der Waals surface area contributed by atoms with Crippen molar-refractivity contribution >= 4 is 27.6 Å². The Kier molecular flexibility index (Phi) is 5.58. The zero-order valence-electron chi connectivity index (χ0n) is 16.1. The molecule has 0 atom stereocenters. The van der Waals surface area contributed by atoms with Crippen LogP contribution in [-0.4, -0.2) is 46.7 Å². The van der Waals surface area contributed by atoms with Crippen molar-refractivity contribution < 1.29 is 18.3 Å². The summed E-state index contributed by atoms with van der Waals surface area (Å²) in [5.41, 5.74) is 0.922. The molecule has 0 aliphatic carbocycles. The molecule has 1 aliphatic heterocycles. The van der Waals surface area contributed by atoms with Crippen LogP contribution in [0.5, 0.6) is 0 Å². The molecule has 0 saturated carbocycles. The highest BCUT2D eigenvalue weighted by Gasteiger charge is 2.44. The summed E-state index contributed by atoms with van der Waals surface area (Å²) in [6, 6.07) is 7.11. The molecule has 0 unspecified atom stereocenters. The second-order valence-electron chi connectivity index (χ2n) is 7.42. The predicted octanol–water partition coefficient (Wildman–Crippen LogP) is 2.79. The van der Waals surface area contributed by atoms with Crippen molar-refractivity contribution in [1.29, 1.82) is 0 Å². The molecule has 2 heterocycles. The van der Waals surface area contributed by atoms with Crippen LogP contribution in [0.15, 0.2) is 29.2 Å². The first-order valence-electron chi connectivity index (χ1n) is 9.05. The van der Waals surface area contributed by atoms with Gasteiger partial charge in [-0.1, -0.05) is 23.7 Å². The van der Waals surface area contributed by atoms with Gasteiger partial charge in [0.05, 0.1) is 16.8 Å². The number of rotatable bonds is 5. The first kappa shape index (κ1) is 20.8. The van der Waals surface area contributed by atoms with Crippen molar-refractivity contribution in [3.8, 4) is 0 Å². The molecule has 0 bridgehead atoms. The average Bonchev–Trinajstić information content (AvgIpc) is 2.89. The first-order valence-corrected chi connectivity index (χ1v) is 10.9. The largest absolute Gasteiger partial charge is 0.481 e.